The summed E-state index contributed by atoms with van der Waals surface area (Å²) in [6, 6.07) is 0. The van der Waals surface area contributed by atoms with E-state index in [0.717, 1.165) is 67.0 Å². The quantitative estimate of drug-likeness (QED) is 0.243. The van der Waals surface area contributed by atoms with Crippen molar-refractivity contribution in [1.29, 1.82) is 0 Å². The van der Waals surface area contributed by atoms with Gasteiger partial charge < -0.3 is 20.9 Å². The topological polar surface area (TPSA) is 107 Å². The van der Waals surface area contributed by atoms with Crippen LogP contribution in [0.1, 0.15) is 32.4 Å². The number of nitrogens with zero attached hydrogens (tertiary/aromatic N) is 5. The molecule has 0 aliphatic carbocycles. The molecule has 0 spiro atoms. The number of carbonyl (C=O) groups is 1. The molecule has 0 saturated heterocycles. The van der Waals surface area contributed by atoms with Gasteiger partial charge in [0.05, 0.1) is 18.0 Å². The number of hydrogen-bond donors (Lipinski definition) is 3. The van der Waals surface area contributed by atoms with Crippen LogP contribution in [-0.2, 0) is 11.3 Å². The molecule has 4 N–H and O–H groups in total. The summed E-state index contributed by atoms with van der Waals surface area (Å²) in [4.78, 5) is 29.6. The highest BCUT2D eigenvalue weighted by atomic mass is 32.2. The van der Waals surface area contributed by atoms with E-state index in [1.165, 1.54) is 11.8 Å². The summed E-state index contributed by atoms with van der Waals surface area (Å²) < 4.78 is 2.19. The summed E-state index contributed by atoms with van der Waals surface area (Å²) in [6.07, 6.45) is 1.78. The van der Waals surface area contributed by atoms with Gasteiger partial charge in [0.25, 0.3) is 5.16 Å². The Morgan fingerprint density at radius 3 is 2.60 bits per heavy atom. The number of anilines is 1. The normalized spacial score (nSPS) is 11.4. The van der Waals surface area contributed by atoms with Crippen LogP contribution in [0.2, 0.25) is 0 Å². The van der Waals surface area contributed by atoms with E-state index in [9.17, 15) is 4.79 Å². The van der Waals surface area contributed by atoms with Gasteiger partial charge >= 0.3 is 11.6 Å². The van der Waals surface area contributed by atoms with Crippen LogP contribution in [0, 0.1) is 6.92 Å². The van der Waals surface area contributed by atoms with Crippen molar-refractivity contribution >= 4 is 34.8 Å². The lowest BCUT2D eigenvalue weighted by Crippen LogP contribution is -2.38. The van der Waals surface area contributed by atoms with E-state index in [1.54, 1.807) is 0 Å². The molecule has 9 nitrogen and oxygen atoms in total. The summed E-state index contributed by atoms with van der Waals surface area (Å²) >= 11 is 1.50. The van der Waals surface area contributed by atoms with Crippen molar-refractivity contribution in [2.45, 2.75) is 45.3 Å². The Hall–Kier alpha value is -1.91. The summed E-state index contributed by atoms with van der Waals surface area (Å²) in [5.41, 5.74) is 8.24. The first kappa shape index (κ1) is 24.4. The minimum atomic E-state index is 0.0126. The molecule has 2 aromatic rings. The fourth-order valence-electron chi connectivity index (χ4n) is 3.18. The molecule has 30 heavy (non-hydrogen) atoms. The van der Waals surface area contributed by atoms with Crippen molar-refractivity contribution in [1.82, 2.24) is 25.2 Å². The van der Waals surface area contributed by atoms with Crippen molar-refractivity contribution in [3.63, 3.8) is 0 Å². The first-order valence-corrected chi connectivity index (χ1v) is 11.7. The maximum atomic E-state index is 12.2. The first-order chi connectivity index (χ1) is 14.4. The van der Waals surface area contributed by atoms with Gasteiger partial charge in [-0.2, -0.15) is 4.98 Å². The highest BCUT2D eigenvalue weighted by Gasteiger charge is 2.25. The zero-order chi connectivity index (χ0) is 22.1. The minimum absolute atomic E-state index is 0.0126. The average molecular weight is 438 g/mol. The first-order valence-electron chi connectivity index (χ1n) is 10.7. The fourth-order valence-corrected chi connectivity index (χ4v) is 4.06. The predicted molar refractivity (Wildman–Crippen MR) is 123 cm³/mol. The monoisotopic (exact) mass is 437 g/mol. The van der Waals surface area contributed by atoms with E-state index in [2.05, 4.69) is 52.6 Å². The molecule has 2 rings (SSSR count). The molecule has 0 aliphatic heterocycles. The number of nitrogens with two attached hydrogens (primary N) is 1. The second-order valence-corrected chi connectivity index (χ2v) is 8.46. The molecule has 0 fully saturated rings. The number of rotatable bonds is 13. The molecule has 2 heterocycles. The van der Waals surface area contributed by atoms with Crippen molar-refractivity contribution in [3.8, 4) is 0 Å². The number of carbonyl (C=O) groups excluding carboxylic acids is 1. The lowest BCUT2D eigenvalue weighted by Gasteiger charge is -2.15. The third-order valence-corrected chi connectivity index (χ3v) is 5.87. The van der Waals surface area contributed by atoms with Crippen LogP contribution < -0.4 is 20.5 Å². The van der Waals surface area contributed by atoms with Crippen molar-refractivity contribution < 1.29 is 9.36 Å². The van der Waals surface area contributed by atoms with Gasteiger partial charge in [-0.1, -0.05) is 4.98 Å². The standard InChI is InChI=1S/C20H36N8OS/c1-6-27(7-2)19-23-15(3)17-18(25-19)28(13-9-12-26(4)5)20(24-17)30-14-16(29)22-11-8-10-21/h6-14,21H2,1-5H3,(H,22,29)/p+1. The van der Waals surface area contributed by atoms with Crippen LogP contribution >= 0.6 is 11.8 Å². The molecular formula is C20H37N8OS+. The summed E-state index contributed by atoms with van der Waals surface area (Å²) in [6.45, 7) is 10.9. The van der Waals surface area contributed by atoms with Gasteiger partial charge in [0.1, 0.15) is 0 Å². The Bertz CT molecular complexity index is 819. The zero-order valence-electron chi connectivity index (χ0n) is 19.0. The molecule has 1 amide bonds. The number of aromatic nitrogens is 4. The Morgan fingerprint density at radius 1 is 1.23 bits per heavy atom. The fraction of sp³-hybridized carbons (Fsp3) is 0.700. The van der Waals surface area contributed by atoms with E-state index in [0.29, 0.717) is 18.8 Å². The number of nitrogens with one attached hydrogen (secondary N) is 2. The Labute approximate surface area is 183 Å². The lowest BCUT2D eigenvalue weighted by molar-refractivity contribution is -0.710. The highest BCUT2D eigenvalue weighted by molar-refractivity contribution is 7.99. The molecule has 0 radical (unpaired) electrons. The Kier molecular flexibility index (Phi) is 9.80. The molecule has 0 aliphatic rings. The van der Waals surface area contributed by atoms with Crippen molar-refractivity contribution in [2.75, 3.05) is 57.5 Å². The average Bonchev–Trinajstić information content (AvgIpc) is 3.06. The maximum Gasteiger partial charge on any atom is 0.308 e. The molecule has 10 heteroatoms. The minimum Gasteiger partial charge on any atom is -0.355 e. The zero-order valence-corrected chi connectivity index (χ0v) is 19.8. The number of fused-ring (bicyclic) bond motifs is 1. The van der Waals surface area contributed by atoms with Gasteiger partial charge in [0, 0.05) is 26.2 Å². The summed E-state index contributed by atoms with van der Waals surface area (Å²) in [5.74, 6) is 1.11. The molecule has 0 atom stereocenters. The number of aromatic amines is 1. The van der Waals surface area contributed by atoms with Crippen LogP contribution in [0.5, 0.6) is 0 Å². The number of amides is 1. The molecule has 0 aromatic carbocycles. The number of thioether (sulfide) groups is 1. The number of aryl methyl sites for hydroxylation is 2. The highest BCUT2D eigenvalue weighted by Crippen LogP contribution is 2.21. The van der Waals surface area contributed by atoms with Crippen LogP contribution in [0.25, 0.3) is 11.2 Å². The smallest absolute Gasteiger partial charge is 0.308 e. The van der Waals surface area contributed by atoms with Gasteiger partial charge in [-0.25, -0.2) is 4.57 Å². The van der Waals surface area contributed by atoms with E-state index in [-0.39, 0.29) is 5.91 Å². The molecule has 168 valence electrons. The summed E-state index contributed by atoms with van der Waals surface area (Å²) in [5, 5.41) is 3.85. The van der Waals surface area contributed by atoms with E-state index >= 15 is 0 Å². The van der Waals surface area contributed by atoms with Gasteiger partial charge in [-0.3, -0.25) is 9.78 Å². The van der Waals surface area contributed by atoms with Crippen LogP contribution in [0.15, 0.2) is 5.16 Å². The van der Waals surface area contributed by atoms with Crippen LogP contribution in [0.3, 0.4) is 0 Å². The van der Waals surface area contributed by atoms with Crippen molar-refractivity contribution in [3.05, 3.63) is 5.69 Å². The van der Waals surface area contributed by atoms with Gasteiger partial charge in [-0.05, 0) is 66.0 Å². The maximum absolute atomic E-state index is 12.2. The van der Waals surface area contributed by atoms with Gasteiger partial charge in [0.2, 0.25) is 5.91 Å². The SMILES string of the molecule is CCN(CC)c1nc(C)c2[nH]c(SCC(=O)NCCCN)[n+](CCCN(C)C)c2n1. The molecule has 0 unspecified atom stereocenters. The molecule has 0 bridgehead atoms. The molecule has 0 saturated carbocycles. The number of H-pyrrole nitrogens is 1. The van der Waals surface area contributed by atoms with Crippen LogP contribution in [-0.4, -0.2) is 78.3 Å². The predicted octanol–water partition coefficient (Wildman–Crippen LogP) is 0.909. The third-order valence-electron chi connectivity index (χ3n) is 4.87. The summed E-state index contributed by atoms with van der Waals surface area (Å²) in [7, 11) is 4.15. The number of hydrogen-bond acceptors (Lipinski definition) is 7. The second kappa shape index (κ2) is 12.1. The Balaban J connectivity index is 2.32. The van der Waals surface area contributed by atoms with E-state index in [4.69, 9.17) is 15.7 Å². The van der Waals surface area contributed by atoms with Gasteiger partial charge in [-0.15, -0.1) is 0 Å². The largest absolute Gasteiger partial charge is 0.355 e. The molecular weight excluding hydrogens is 400 g/mol. The molecule has 2 aromatic heterocycles. The third kappa shape index (κ3) is 6.55. The van der Waals surface area contributed by atoms with Gasteiger partial charge in [0.15, 0.2) is 5.52 Å². The second-order valence-electron chi connectivity index (χ2n) is 7.50. The number of imidazole rings is 1. The lowest BCUT2D eigenvalue weighted by atomic mass is 10.3. The van der Waals surface area contributed by atoms with Crippen molar-refractivity contribution in [2.24, 2.45) is 5.73 Å². The van der Waals surface area contributed by atoms with E-state index in [1.807, 2.05) is 6.92 Å². The van der Waals surface area contributed by atoms with Crippen LogP contribution in [0.4, 0.5) is 5.95 Å². The van der Waals surface area contributed by atoms with E-state index < -0.39 is 0 Å². The Morgan fingerprint density at radius 2 is 1.97 bits per heavy atom.